The molecular weight excluding hydrogens is 446 g/mol. The molecule has 8 heteroatoms. The molecule has 0 spiro atoms. The molecule has 1 aromatic rings. The van der Waals surface area contributed by atoms with Gasteiger partial charge in [-0.05, 0) is 49.3 Å². The molecule has 8 nitrogen and oxygen atoms in total. The molecule has 4 rings (SSSR count). The van der Waals surface area contributed by atoms with Gasteiger partial charge in [-0.15, -0.1) is 0 Å². The van der Waals surface area contributed by atoms with E-state index in [0.717, 1.165) is 30.4 Å². The first-order valence-electron chi connectivity index (χ1n) is 12.4. The van der Waals surface area contributed by atoms with Crippen LogP contribution in [0.5, 0.6) is 5.75 Å². The lowest BCUT2D eigenvalue weighted by molar-refractivity contribution is -0.129. The summed E-state index contributed by atoms with van der Waals surface area (Å²) in [5.41, 5.74) is 2.46. The van der Waals surface area contributed by atoms with Crippen molar-refractivity contribution in [2.45, 2.75) is 63.5 Å². The van der Waals surface area contributed by atoms with Gasteiger partial charge in [-0.25, -0.2) is 0 Å². The van der Waals surface area contributed by atoms with Crippen LogP contribution < -0.4 is 15.4 Å². The molecule has 3 aliphatic rings. The van der Waals surface area contributed by atoms with Gasteiger partial charge in [-0.3, -0.25) is 14.4 Å². The molecule has 35 heavy (non-hydrogen) atoms. The van der Waals surface area contributed by atoms with Gasteiger partial charge in [0, 0.05) is 42.4 Å². The summed E-state index contributed by atoms with van der Waals surface area (Å²) in [5.74, 6) is -0.457. The number of hydrogen-bond donors (Lipinski definition) is 3. The van der Waals surface area contributed by atoms with Crippen LogP contribution in [0.25, 0.3) is 6.08 Å². The fourth-order valence-corrected chi connectivity index (χ4v) is 5.13. The Labute approximate surface area is 205 Å². The highest BCUT2D eigenvalue weighted by molar-refractivity contribution is 6.03. The SMILES string of the molecule is COc1cccc2c1C=C(C(=O)N[C@@H](CC1CC1)C(=O)C[C@@H](C[C@@H]1CCCNC1=O)C(O)C#N)C2. The highest BCUT2D eigenvalue weighted by Crippen LogP contribution is 2.36. The van der Waals surface area contributed by atoms with E-state index in [0.29, 0.717) is 43.0 Å². The number of rotatable bonds is 11. The number of fused-ring (bicyclic) bond motifs is 1. The van der Waals surface area contributed by atoms with E-state index in [2.05, 4.69) is 10.6 Å². The molecule has 0 radical (unpaired) electrons. The lowest BCUT2D eigenvalue weighted by Gasteiger charge is -2.28. The zero-order valence-corrected chi connectivity index (χ0v) is 20.1. The number of ether oxygens (including phenoxy) is 1. The summed E-state index contributed by atoms with van der Waals surface area (Å²) in [6.45, 7) is 0.626. The number of hydrogen-bond acceptors (Lipinski definition) is 6. The van der Waals surface area contributed by atoms with Gasteiger partial charge < -0.3 is 20.5 Å². The molecule has 4 atom stereocenters. The molecule has 1 saturated carbocycles. The first kappa shape index (κ1) is 24.9. The van der Waals surface area contributed by atoms with Gasteiger partial charge in [0.25, 0.3) is 0 Å². The number of amides is 2. The molecule has 1 unspecified atom stereocenters. The van der Waals surface area contributed by atoms with E-state index in [4.69, 9.17) is 4.74 Å². The summed E-state index contributed by atoms with van der Waals surface area (Å²) in [5, 5.41) is 25.4. The van der Waals surface area contributed by atoms with Crippen LogP contribution in [-0.2, 0) is 20.8 Å². The number of ketones is 1. The van der Waals surface area contributed by atoms with Gasteiger partial charge in [0.2, 0.25) is 11.8 Å². The van der Waals surface area contributed by atoms with E-state index in [-0.39, 0.29) is 36.4 Å². The Kier molecular flexibility index (Phi) is 7.86. The highest BCUT2D eigenvalue weighted by Gasteiger charge is 2.35. The largest absolute Gasteiger partial charge is 0.496 e. The van der Waals surface area contributed by atoms with Crippen molar-refractivity contribution in [3.8, 4) is 11.8 Å². The van der Waals surface area contributed by atoms with E-state index in [1.807, 2.05) is 30.3 Å². The van der Waals surface area contributed by atoms with Crippen molar-refractivity contribution in [1.29, 1.82) is 5.26 Å². The van der Waals surface area contributed by atoms with Crippen molar-refractivity contribution >= 4 is 23.7 Å². The number of nitrogens with zero attached hydrogens (tertiary/aromatic N) is 1. The fourth-order valence-electron chi connectivity index (χ4n) is 5.13. The third kappa shape index (κ3) is 6.09. The summed E-state index contributed by atoms with van der Waals surface area (Å²) in [7, 11) is 1.59. The molecule has 2 amide bonds. The van der Waals surface area contributed by atoms with Crippen LogP contribution in [0.4, 0.5) is 0 Å². The number of piperidine rings is 1. The summed E-state index contributed by atoms with van der Waals surface area (Å²) in [6.07, 6.45) is 5.27. The maximum atomic E-state index is 13.4. The molecular formula is C27H33N3O5. The maximum Gasteiger partial charge on any atom is 0.248 e. The highest BCUT2D eigenvalue weighted by atomic mass is 16.5. The smallest absolute Gasteiger partial charge is 0.248 e. The Morgan fingerprint density at radius 3 is 2.77 bits per heavy atom. The maximum absolute atomic E-state index is 13.4. The average Bonchev–Trinajstić information content (AvgIpc) is 3.57. The number of carbonyl (C=O) groups is 3. The van der Waals surface area contributed by atoms with Crippen LogP contribution in [0.1, 0.15) is 56.1 Å². The standard InChI is InChI=1S/C27H33N3O5/c1-35-25-6-2-4-17-11-20(13-21(17)25)27(34)30-22(10-16-7-8-16)23(31)14-19(24(32)15-28)12-18-5-3-9-29-26(18)33/h2,4,6,13,16,18-19,22,24,32H,3,5,7-12,14H2,1H3,(H,29,33)(H,30,34)/t18-,19+,22-,24?/m0/s1. The minimum absolute atomic E-state index is 0.0523. The predicted octanol–water partition coefficient (Wildman–Crippen LogP) is 2.30. The molecule has 1 saturated heterocycles. The fraction of sp³-hybridized carbons (Fsp3) is 0.556. The van der Waals surface area contributed by atoms with Crippen LogP contribution in [0.3, 0.4) is 0 Å². The number of aliphatic hydroxyl groups excluding tert-OH is 1. The van der Waals surface area contributed by atoms with Crippen molar-refractivity contribution < 1.29 is 24.2 Å². The number of nitriles is 1. The van der Waals surface area contributed by atoms with Gasteiger partial charge in [-0.1, -0.05) is 25.0 Å². The van der Waals surface area contributed by atoms with Gasteiger partial charge in [-0.2, -0.15) is 5.26 Å². The molecule has 1 aromatic carbocycles. The van der Waals surface area contributed by atoms with Crippen LogP contribution in [0, 0.1) is 29.1 Å². The first-order chi connectivity index (χ1) is 16.9. The van der Waals surface area contributed by atoms with Gasteiger partial charge >= 0.3 is 0 Å². The van der Waals surface area contributed by atoms with Crippen molar-refractivity contribution in [1.82, 2.24) is 10.6 Å². The Balaban J connectivity index is 1.44. The molecule has 3 N–H and O–H groups in total. The van der Waals surface area contributed by atoms with E-state index in [1.165, 1.54) is 0 Å². The minimum atomic E-state index is -1.34. The summed E-state index contributed by atoms with van der Waals surface area (Å²) >= 11 is 0. The number of Topliss-reactive ketones (excluding diaryl/α,β-unsaturated/α-hetero) is 1. The summed E-state index contributed by atoms with van der Waals surface area (Å²) in [4.78, 5) is 38.7. The third-order valence-electron chi connectivity index (χ3n) is 7.36. The van der Waals surface area contributed by atoms with Crippen molar-refractivity contribution in [2.24, 2.45) is 17.8 Å². The monoisotopic (exact) mass is 479 g/mol. The number of aliphatic hydroxyl groups is 1. The van der Waals surface area contributed by atoms with Crippen molar-refractivity contribution in [3.05, 3.63) is 34.9 Å². The molecule has 1 aliphatic heterocycles. The average molecular weight is 480 g/mol. The Bertz CT molecular complexity index is 1060. The van der Waals surface area contributed by atoms with Crippen LogP contribution in [0.15, 0.2) is 23.8 Å². The molecule has 0 aromatic heterocycles. The van der Waals surface area contributed by atoms with E-state index < -0.39 is 18.1 Å². The molecule has 2 aliphatic carbocycles. The van der Waals surface area contributed by atoms with E-state index in [9.17, 15) is 24.8 Å². The zero-order chi connectivity index (χ0) is 24.9. The van der Waals surface area contributed by atoms with Crippen molar-refractivity contribution in [2.75, 3.05) is 13.7 Å². The second-order valence-electron chi connectivity index (χ2n) is 9.95. The number of methoxy groups -OCH3 is 1. The number of nitrogens with one attached hydrogen (secondary N) is 2. The third-order valence-corrected chi connectivity index (χ3v) is 7.36. The quantitative estimate of drug-likeness (QED) is 0.418. The van der Waals surface area contributed by atoms with Crippen LogP contribution in [0.2, 0.25) is 0 Å². The Morgan fingerprint density at radius 1 is 1.29 bits per heavy atom. The second-order valence-corrected chi connectivity index (χ2v) is 9.95. The Morgan fingerprint density at radius 2 is 2.09 bits per heavy atom. The van der Waals surface area contributed by atoms with Gasteiger partial charge in [0.05, 0.1) is 19.2 Å². The van der Waals surface area contributed by atoms with E-state index >= 15 is 0 Å². The molecule has 0 bridgehead atoms. The lowest BCUT2D eigenvalue weighted by Crippen LogP contribution is -2.44. The lowest BCUT2D eigenvalue weighted by atomic mass is 9.82. The van der Waals surface area contributed by atoms with Crippen LogP contribution >= 0.6 is 0 Å². The van der Waals surface area contributed by atoms with Crippen LogP contribution in [-0.4, -0.2) is 48.5 Å². The number of benzene rings is 1. The molecule has 186 valence electrons. The zero-order valence-electron chi connectivity index (χ0n) is 20.1. The van der Waals surface area contributed by atoms with Gasteiger partial charge in [0.1, 0.15) is 11.9 Å². The second kappa shape index (κ2) is 11.0. The normalized spacial score (nSPS) is 21.6. The predicted molar refractivity (Wildman–Crippen MR) is 129 cm³/mol. The van der Waals surface area contributed by atoms with Crippen molar-refractivity contribution in [3.63, 3.8) is 0 Å². The summed E-state index contributed by atoms with van der Waals surface area (Å²) in [6, 6.07) is 6.84. The first-order valence-corrected chi connectivity index (χ1v) is 12.4. The number of carbonyl (C=O) groups excluding carboxylic acids is 3. The summed E-state index contributed by atoms with van der Waals surface area (Å²) < 4.78 is 5.40. The van der Waals surface area contributed by atoms with E-state index in [1.54, 1.807) is 7.11 Å². The molecule has 1 heterocycles. The topological polar surface area (TPSA) is 129 Å². The van der Waals surface area contributed by atoms with Gasteiger partial charge in [0.15, 0.2) is 5.78 Å². The Hall–Kier alpha value is -3.18. The molecule has 2 fully saturated rings. The minimum Gasteiger partial charge on any atom is -0.496 e.